The molecule has 0 aliphatic rings. The zero-order valence-electron chi connectivity index (χ0n) is 10.6. The van der Waals surface area contributed by atoms with Crippen molar-refractivity contribution in [2.45, 2.75) is 20.0 Å². The minimum atomic E-state index is -4.46. The van der Waals surface area contributed by atoms with Crippen molar-refractivity contribution in [3.05, 3.63) is 23.8 Å². The molecule has 0 atom stereocenters. The lowest BCUT2D eigenvalue weighted by Gasteiger charge is -2.23. The van der Waals surface area contributed by atoms with E-state index < -0.39 is 18.8 Å². The Labute approximate surface area is 108 Å². The summed E-state index contributed by atoms with van der Waals surface area (Å²) < 4.78 is 36.2. The summed E-state index contributed by atoms with van der Waals surface area (Å²) in [7, 11) is 0. The van der Waals surface area contributed by atoms with E-state index in [0.29, 0.717) is 11.3 Å². The number of halogens is 3. The number of nitrogens with one attached hydrogen (secondary N) is 1. The third-order valence-electron chi connectivity index (χ3n) is 2.48. The number of carbonyl (C=O) groups excluding carboxylic acids is 1. The highest BCUT2D eigenvalue weighted by molar-refractivity contribution is 5.93. The van der Waals surface area contributed by atoms with Gasteiger partial charge in [-0.3, -0.25) is 4.90 Å². The van der Waals surface area contributed by atoms with E-state index in [1.165, 1.54) is 12.1 Å². The molecule has 0 aromatic heterocycles. The zero-order chi connectivity index (χ0) is 14.6. The molecule has 0 spiro atoms. The summed E-state index contributed by atoms with van der Waals surface area (Å²) in [6.45, 7) is 2.14. The number of hydrogen-bond acceptors (Lipinski definition) is 2. The van der Waals surface area contributed by atoms with Gasteiger partial charge in [0.25, 0.3) is 0 Å². The molecule has 0 saturated carbocycles. The molecule has 19 heavy (non-hydrogen) atoms. The Morgan fingerprint density at radius 1 is 1.42 bits per heavy atom. The van der Waals surface area contributed by atoms with E-state index in [0.717, 1.165) is 4.90 Å². The lowest BCUT2D eigenvalue weighted by Crippen LogP contribution is -2.44. The van der Waals surface area contributed by atoms with Gasteiger partial charge in [-0.05, 0) is 25.5 Å². The number of carbonyl (C=O) groups is 1. The number of alkyl halides is 3. The number of urea groups is 1. The highest BCUT2D eigenvalue weighted by atomic mass is 19.4. The van der Waals surface area contributed by atoms with E-state index in [1.54, 1.807) is 25.2 Å². The summed E-state index contributed by atoms with van der Waals surface area (Å²) in [5.41, 5.74) is 1.06. The first kappa shape index (κ1) is 15.1. The Bertz CT molecular complexity index is 461. The van der Waals surface area contributed by atoms with Crippen molar-refractivity contribution >= 4 is 11.7 Å². The van der Waals surface area contributed by atoms with Crippen LogP contribution in [-0.4, -0.2) is 30.4 Å². The predicted octanol–water partition coefficient (Wildman–Crippen LogP) is 2.80. The molecule has 1 aromatic carbocycles. The maximum Gasteiger partial charge on any atom is 0.405 e. The van der Waals surface area contributed by atoms with Crippen LogP contribution in [0, 0.1) is 6.92 Å². The fraction of sp³-hybridized carbons (Fsp3) is 0.417. The van der Waals surface area contributed by atoms with Crippen LogP contribution in [0.25, 0.3) is 0 Å². The summed E-state index contributed by atoms with van der Waals surface area (Å²) >= 11 is 0. The molecule has 2 N–H and O–H groups in total. The monoisotopic (exact) mass is 276 g/mol. The van der Waals surface area contributed by atoms with Crippen molar-refractivity contribution in [3.63, 3.8) is 0 Å². The van der Waals surface area contributed by atoms with Gasteiger partial charge in [-0.1, -0.05) is 6.07 Å². The Morgan fingerprint density at radius 2 is 2.05 bits per heavy atom. The van der Waals surface area contributed by atoms with Crippen molar-refractivity contribution in [1.29, 1.82) is 0 Å². The number of nitrogens with zero attached hydrogens (tertiary/aromatic N) is 1. The van der Waals surface area contributed by atoms with Crippen LogP contribution in [0.4, 0.5) is 23.7 Å². The SMILES string of the molecule is CCN(C(=O)NCC(F)(F)F)c1cc(O)ccc1C. The molecule has 0 fully saturated rings. The first-order chi connectivity index (χ1) is 8.74. The second-order valence-corrected chi connectivity index (χ2v) is 3.99. The molecule has 0 aliphatic heterocycles. The summed E-state index contributed by atoms with van der Waals surface area (Å²) in [5.74, 6) is -0.0531. The smallest absolute Gasteiger partial charge is 0.405 e. The van der Waals surface area contributed by atoms with Crippen molar-refractivity contribution in [3.8, 4) is 5.75 Å². The lowest BCUT2D eigenvalue weighted by molar-refractivity contribution is -0.122. The highest BCUT2D eigenvalue weighted by Gasteiger charge is 2.29. The van der Waals surface area contributed by atoms with Crippen LogP contribution in [0.5, 0.6) is 5.75 Å². The van der Waals surface area contributed by atoms with E-state index in [2.05, 4.69) is 0 Å². The molecular formula is C12H15F3N2O2. The van der Waals surface area contributed by atoms with Crippen LogP contribution in [0.15, 0.2) is 18.2 Å². The molecule has 0 saturated heterocycles. The highest BCUT2D eigenvalue weighted by Crippen LogP contribution is 2.25. The molecule has 0 bridgehead atoms. The fourth-order valence-corrected chi connectivity index (χ4v) is 1.58. The van der Waals surface area contributed by atoms with Gasteiger partial charge in [-0.2, -0.15) is 13.2 Å². The molecule has 7 heteroatoms. The standard InChI is InChI=1S/C12H15F3N2O2/c1-3-17(11(19)16-7-12(13,14)15)10-6-9(18)5-4-8(10)2/h4-6,18H,3,7H2,1-2H3,(H,16,19). The van der Waals surface area contributed by atoms with Crippen LogP contribution in [0.3, 0.4) is 0 Å². The number of phenols is 1. The maximum absolute atomic E-state index is 12.1. The normalized spacial score (nSPS) is 11.2. The van der Waals surface area contributed by atoms with Crippen molar-refractivity contribution < 1.29 is 23.1 Å². The lowest BCUT2D eigenvalue weighted by atomic mass is 10.1. The average molecular weight is 276 g/mol. The van der Waals surface area contributed by atoms with Gasteiger partial charge >= 0.3 is 12.2 Å². The number of amides is 2. The number of aromatic hydroxyl groups is 1. The van der Waals surface area contributed by atoms with Crippen LogP contribution < -0.4 is 10.2 Å². The number of rotatable bonds is 3. The quantitative estimate of drug-likeness (QED) is 0.892. The van der Waals surface area contributed by atoms with Gasteiger partial charge in [0.15, 0.2) is 0 Å². The van der Waals surface area contributed by atoms with Crippen LogP contribution in [0.2, 0.25) is 0 Å². The second-order valence-electron chi connectivity index (χ2n) is 3.99. The van der Waals surface area contributed by atoms with Gasteiger partial charge in [0.05, 0.1) is 5.69 Å². The largest absolute Gasteiger partial charge is 0.508 e. The molecule has 2 amide bonds. The summed E-state index contributed by atoms with van der Waals surface area (Å²) in [4.78, 5) is 12.9. The first-order valence-electron chi connectivity index (χ1n) is 5.66. The van der Waals surface area contributed by atoms with Crippen molar-refractivity contribution in [2.75, 3.05) is 18.0 Å². The number of benzene rings is 1. The number of hydrogen-bond donors (Lipinski definition) is 2. The number of aryl methyl sites for hydroxylation is 1. The third kappa shape index (κ3) is 4.35. The van der Waals surface area contributed by atoms with E-state index >= 15 is 0 Å². The van der Waals surface area contributed by atoms with Gasteiger partial charge in [0, 0.05) is 12.6 Å². The fourth-order valence-electron chi connectivity index (χ4n) is 1.58. The number of phenolic OH excluding ortho intramolecular Hbond substituents is 1. The van der Waals surface area contributed by atoms with E-state index in [9.17, 15) is 23.1 Å². The molecule has 4 nitrogen and oxygen atoms in total. The van der Waals surface area contributed by atoms with Gasteiger partial charge < -0.3 is 10.4 Å². The van der Waals surface area contributed by atoms with Crippen molar-refractivity contribution in [1.82, 2.24) is 5.32 Å². The van der Waals surface area contributed by atoms with E-state index in [1.807, 2.05) is 0 Å². The second kappa shape index (κ2) is 5.81. The summed E-state index contributed by atoms with van der Waals surface area (Å²) in [6, 6.07) is 3.52. The van der Waals surface area contributed by atoms with Crippen molar-refractivity contribution in [2.24, 2.45) is 0 Å². The minimum absolute atomic E-state index is 0.0531. The Kier molecular flexibility index (Phi) is 4.63. The molecule has 1 rings (SSSR count). The Morgan fingerprint density at radius 3 is 2.58 bits per heavy atom. The van der Waals surface area contributed by atoms with Gasteiger partial charge in [-0.25, -0.2) is 4.79 Å². The van der Waals surface area contributed by atoms with E-state index in [4.69, 9.17) is 0 Å². The molecule has 106 valence electrons. The molecule has 1 aromatic rings. The topological polar surface area (TPSA) is 52.6 Å². The Hall–Kier alpha value is -1.92. The third-order valence-corrected chi connectivity index (χ3v) is 2.48. The number of anilines is 1. The molecule has 0 aliphatic carbocycles. The molecule has 0 radical (unpaired) electrons. The first-order valence-corrected chi connectivity index (χ1v) is 5.66. The molecule has 0 unspecified atom stereocenters. The average Bonchev–Trinajstić information content (AvgIpc) is 2.31. The summed E-state index contributed by atoms with van der Waals surface area (Å²) in [5, 5.41) is 11.2. The van der Waals surface area contributed by atoms with Gasteiger partial charge in [-0.15, -0.1) is 0 Å². The Balaban J connectivity index is 2.88. The van der Waals surface area contributed by atoms with Gasteiger partial charge in [0.2, 0.25) is 0 Å². The van der Waals surface area contributed by atoms with Gasteiger partial charge in [0.1, 0.15) is 12.3 Å². The zero-order valence-corrected chi connectivity index (χ0v) is 10.6. The molecular weight excluding hydrogens is 261 g/mol. The summed E-state index contributed by atoms with van der Waals surface area (Å²) in [6.07, 6.45) is -4.46. The van der Waals surface area contributed by atoms with E-state index in [-0.39, 0.29) is 12.3 Å². The maximum atomic E-state index is 12.1. The van der Waals surface area contributed by atoms with Crippen LogP contribution >= 0.6 is 0 Å². The van der Waals surface area contributed by atoms with Crippen LogP contribution in [0.1, 0.15) is 12.5 Å². The minimum Gasteiger partial charge on any atom is -0.508 e. The molecule has 0 heterocycles. The predicted molar refractivity (Wildman–Crippen MR) is 65.3 cm³/mol. The van der Waals surface area contributed by atoms with Crippen LogP contribution in [-0.2, 0) is 0 Å².